The molecule has 132 valence electrons. The molecule has 0 atom stereocenters. The molecular formula is C17H30N2O4. The number of hydrogen-bond acceptors (Lipinski definition) is 5. The van der Waals surface area contributed by atoms with Gasteiger partial charge in [0, 0.05) is 44.9 Å². The summed E-state index contributed by atoms with van der Waals surface area (Å²) in [7, 11) is 0. The van der Waals surface area contributed by atoms with Gasteiger partial charge in [0.1, 0.15) is 17.2 Å². The fourth-order valence-corrected chi connectivity index (χ4v) is 2.25. The molecule has 0 aromatic rings. The van der Waals surface area contributed by atoms with E-state index < -0.39 is 5.60 Å². The number of Topliss-reactive ketones (excluding diaryl/α,β-unsaturated/α-hetero) is 2. The zero-order chi connectivity index (χ0) is 17.6. The lowest BCUT2D eigenvalue weighted by Gasteiger charge is -2.38. The molecule has 6 heteroatoms. The van der Waals surface area contributed by atoms with Crippen LogP contribution < -0.4 is 5.32 Å². The number of ketones is 2. The molecule has 0 aromatic heterocycles. The van der Waals surface area contributed by atoms with Crippen LogP contribution in [0.4, 0.5) is 4.79 Å². The van der Waals surface area contributed by atoms with Gasteiger partial charge in [-0.15, -0.1) is 0 Å². The van der Waals surface area contributed by atoms with Gasteiger partial charge < -0.3 is 15.0 Å². The average Bonchev–Trinajstić information content (AvgIpc) is 2.33. The molecule has 2 heterocycles. The standard InChI is InChI=1S/C11H19NO3.C6H11NO/c1-5-9(13)8-6-12(7-8)10(14)15-11(2,3)4;1-2-6(8)5-3-7-4-5/h8H,5-7H2,1-4H3;5,7H,2-4H2,1H3. The van der Waals surface area contributed by atoms with Crippen molar-refractivity contribution < 1.29 is 19.1 Å². The molecule has 2 aliphatic rings. The molecule has 23 heavy (non-hydrogen) atoms. The summed E-state index contributed by atoms with van der Waals surface area (Å²) in [4.78, 5) is 35.1. The van der Waals surface area contributed by atoms with E-state index in [0.29, 0.717) is 37.6 Å². The highest BCUT2D eigenvalue weighted by Crippen LogP contribution is 2.20. The number of likely N-dealkylation sites (tertiary alicyclic amines) is 1. The van der Waals surface area contributed by atoms with Gasteiger partial charge in [-0.25, -0.2) is 4.79 Å². The van der Waals surface area contributed by atoms with Gasteiger partial charge in [-0.3, -0.25) is 9.59 Å². The zero-order valence-electron chi connectivity index (χ0n) is 15.0. The van der Waals surface area contributed by atoms with Gasteiger partial charge in [-0.1, -0.05) is 13.8 Å². The van der Waals surface area contributed by atoms with Crippen LogP contribution in [0.15, 0.2) is 0 Å². The lowest BCUT2D eigenvalue weighted by atomic mass is 9.94. The van der Waals surface area contributed by atoms with E-state index in [1.54, 1.807) is 4.90 Å². The van der Waals surface area contributed by atoms with E-state index in [4.69, 9.17) is 4.74 Å². The minimum absolute atomic E-state index is 0.0301. The van der Waals surface area contributed by atoms with E-state index in [9.17, 15) is 14.4 Å². The second-order valence-electron chi connectivity index (χ2n) is 7.08. The Morgan fingerprint density at radius 3 is 1.78 bits per heavy atom. The second kappa shape index (κ2) is 8.43. The van der Waals surface area contributed by atoms with E-state index >= 15 is 0 Å². The fourth-order valence-electron chi connectivity index (χ4n) is 2.25. The first-order valence-corrected chi connectivity index (χ1v) is 8.42. The molecule has 0 aromatic carbocycles. The van der Waals surface area contributed by atoms with Crippen molar-refractivity contribution in [3.63, 3.8) is 0 Å². The largest absolute Gasteiger partial charge is 0.444 e. The third-order valence-electron chi connectivity index (χ3n) is 3.92. The molecule has 2 aliphatic heterocycles. The third kappa shape index (κ3) is 6.29. The van der Waals surface area contributed by atoms with Crippen LogP contribution >= 0.6 is 0 Å². The number of carbonyl (C=O) groups is 3. The van der Waals surface area contributed by atoms with Crippen molar-refractivity contribution in [2.45, 2.75) is 53.1 Å². The molecular weight excluding hydrogens is 296 g/mol. The first kappa shape index (κ1) is 19.6. The summed E-state index contributed by atoms with van der Waals surface area (Å²) in [5.41, 5.74) is -0.461. The monoisotopic (exact) mass is 326 g/mol. The van der Waals surface area contributed by atoms with E-state index in [-0.39, 0.29) is 17.8 Å². The Hall–Kier alpha value is -1.43. The molecule has 0 unspecified atom stereocenters. The Morgan fingerprint density at radius 2 is 1.48 bits per heavy atom. The number of nitrogens with one attached hydrogen (secondary N) is 1. The van der Waals surface area contributed by atoms with Crippen molar-refractivity contribution in [1.29, 1.82) is 0 Å². The molecule has 2 fully saturated rings. The molecule has 0 spiro atoms. The summed E-state index contributed by atoms with van der Waals surface area (Å²) in [6.07, 6.45) is 0.932. The predicted octanol–water partition coefficient (Wildman–Crippen LogP) is 2.02. The lowest BCUT2D eigenvalue weighted by Crippen LogP contribution is -2.54. The van der Waals surface area contributed by atoms with Crippen LogP contribution in [0, 0.1) is 11.8 Å². The Kier molecular flexibility index (Phi) is 7.19. The molecule has 0 saturated carbocycles. The number of hydrogen-bond donors (Lipinski definition) is 1. The second-order valence-corrected chi connectivity index (χ2v) is 7.08. The fraction of sp³-hybridized carbons (Fsp3) is 0.824. The van der Waals surface area contributed by atoms with Crippen LogP contribution in [0.25, 0.3) is 0 Å². The summed E-state index contributed by atoms with van der Waals surface area (Å²) < 4.78 is 5.18. The molecule has 0 radical (unpaired) electrons. The van der Waals surface area contributed by atoms with Gasteiger partial charge in [-0.2, -0.15) is 0 Å². The minimum Gasteiger partial charge on any atom is -0.444 e. The van der Waals surface area contributed by atoms with E-state index in [1.165, 1.54) is 0 Å². The summed E-state index contributed by atoms with van der Waals surface area (Å²) in [5, 5.41) is 3.06. The zero-order valence-corrected chi connectivity index (χ0v) is 15.0. The Balaban J connectivity index is 0.000000277. The van der Waals surface area contributed by atoms with E-state index in [1.807, 2.05) is 34.6 Å². The van der Waals surface area contributed by atoms with Crippen LogP contribution in [-0.4, -0.2) is 54.3 Å². The number of rotatable bonds is 4. The van der Waals surface area contributed by atoms with E-state index in [2.05, 4.69) is 5.32 Å². The maximum Gasteiger partial charge on any atom is 0.410 e. The van der Waals surface area contributed by atoms with Gasteiger partial charge in [0.15, 0.2) is 0 Å². The Bertz CT molecular complexity index is 432. The molecule has 2 saturated heterocycles. The highest BCUT2D eigenvalue weighted by atomic mass is 16.6. The van der Waals surface area contributed by atoms with Crippen LogP contribution in [0.3, 0.4) is 0 Å². The molecule has 0 aliphatic carbocycles. The van der Waals surface area contributed by atoms with Crippen molar-refractivity contribution in [3.8, 4) is 0 Å². The summed E-state index contributed by atoms with van der Waals surface area (Å²) in [6.45, 7) is 12.1. The van der Waals surface area contributed by atoms with Crippen molar-refractivity contribution in [1.82, 2.24) is 10.2 Å². The van der Waals surface area contributed by atoms with Crippen molar-refractivity contribution in [2.24, 2.45) is 11.8 Å². The van der Waals surface area contributed by atoms with E-state index in [0.717, 1.165) is 13.1 Å². The first-order valence-electron chi connectivity index (χ1n) is 8.42. The summed E-state index contributed by atoms with van der Waals surface area (Å²) in [5.74, 6) is 1.01. The van der Waals surface area contributed by atoms with Crippen LogP contribution in [-0.2, 0) is 14.3 Å². The van der Waals surface area contributed by atoms with Gasteiger partial charge in [-0.05, 0) is 20.8 Å². The molecule has 6 nitrogen and oxygen atoms in total. The SMILES string of the molecule is CCC(=O)C1CN(C(=O)OC(C)(C)C)C1.CCC(=O)C1CNC1. The number of amides is 1. The summed E-state index contributed by atoms with van der Waals surface area (Å²) in [6, 6.07) is 0. The van der Waals surface area contributed by atoms with Crippen molar-refractivity contribution >= 4 is 17.7 Å². The smallest absolute Gasteiger partial charge is 0.410 e. The molecule has 0 bridgehead atoms. The molecule has 2 rings (SSSR count). The summed E-state index contributed by atoms with van der Waals surface area (Å²) >= 11 is 0. The maximum atomic E-state index is 11.5. The van der Waals surface area contributed by atoms with Gasteiger partial charge in [0.2, 0.25) is 0 Å². The quantitative estimate of drug-likeness (QED) is 0.855. The van der Waals surface area contributed by atoms with Crippen molar-refractivity contribution in [2.75, 3.05) is 26.2 Å². The minimum atomic E-state index is -0.461. The number of nitrogens with zero attached hydrogens (tertiary/aromatic N) is 1. The normalized spacial score (nSPS) is 18.2. The van der Waals surface area contributed by atoms with Crippen LogP contribution in [0.1, 0.15) is 47.5 Å². The molecule has 1 amide bonds. The number of ether oxygens (including phenoxy) is 1. The first-order chi connectivity index (χ1) is 10.7. The van der Waals surface area contributed by atoms with Gasteiger partial charge >= 0.3 is 6.09 Å². The van der Waals surface area contributed by atoms with Gasteiger partial charge in [0.05, 0.1) is 5.92 Å². The average molecular weight is 326 g/mol. The van der Waals surface area contributed by atoms with Crippen LogP contribution in [0.5, 0.6) is 0 Å². The lowest BCUT2D eigenvalue weighted by molar-refractivity contribution is -0.127. The third-order valence-corrected chi connectivity index (χ3v) is 3.92. The topological polar surface area (TPSA) is 75.7 Å². The predicted molar refractivity (Wildman–Crippen MR) is 88.3 cm³/mol. The van der Waals surface area contributed by atoms with Gasteiger partial charge in [0.25, 0.3) is 0 Å². The Morgan fingerprint density at radius 1 is 1.00 bits per heavy atom. The maximum absolute atomic E-state index is 11.5. The van der Waals surface area contributed by atoms with Crippen LogP contribution in [0.2, 0.25) is 0 Å². The Labute approximate surface area is 138 Å². The highest BCUT2D eigenvalue weighted by Gasteiger charge is 2.36. The van der Waals surface area contributed by atoms with Crippen molar-refractivity contribution in [3.05, 3.63) is 0 Å². The number of carbonyl (C=O) groups excluding carboxylic acids is 3. The highest BCUT2D eigenvalue weighted by molar-refractivity contribution is 5.84. The molecule has 1 N–H and O–H groups in total.